The third-order valence-electron chi connectivity index (χ3n) is 4.17. The van der Waals surface area contributed by atoms with Crippen molar-refractivity contribution in [1.82, 2.24) is 29.7 Å². The van der Waals surface area contributed by atoms with Gasteiger partial charge in [-0.15, -0.1) is 0 Å². The van der Waals surface area contributed by atoms with E-state index in [2.05, 4.69) is 34.9 Å². The van der Waals surface area contributed by atoms with Gasteiger partial charge in [-0.25, -0.2) is 20.1 Å². The molecule has 0 aliphatic carbocycles. The average Bonchev–Trinajstić information content (AvgIpc) is 2.99. The van der Waals surface area contributed by atoms with E-state index in [4.69, 9.17) is 11.6 Å². The fourth-order valence-electron chi connectivity index (χ4n) is 2.92. The zero-order chi connectivity index (χ0) is 16.7. The summed E-state index contributed by atoms with van der Waals surface area (Å²) < 4.78 is 1.87. The largest absolute Gasteiger partial charge is 0.365 e. The second-order valence-electron chi connectivity index (χ2n) is 5.60. The summed E-state index contributed by atoms with van der Waals surface area (Å²) in [5.74, 6) is 0.829. The Balaban J connectivity index is 1.58. The lowest BCUT2D eigenvalue weighted by molar-refractivity contribution is 0.646. The highest BCUT2D eigenvalue weighted by atomic mass is 35.5. The molecule has 1 aliphatic rings. The molecule has 0 amide bonds. The van der Waals surface area contributed by atoms with Crippen LogP contribution < -0.4 is 15.4 Å². The number of imidazole rings is 1. The number of hydrogen-bond acceptors (Lipinski definition) is 7. The van der Waals surface area contributed by atoms with Crippen LogP contribution in [0.2, 0.25) is 5.02 Å². The number of H-pyrrole nitrogens is 1. The molecule has 1 N–H and O–H groups in total. The Morgan fingerprint density at radius 2 is 1.88 bits per heavy atom. The van der Waals surface area contributed by atoms with Gasteiger partial charge >= 0.3 is 0 Å². The van der Waals surface area contributed by atoms with Gasteiger partial charge in [0.05, 0.1) is 18.2 Å². The molecule has 1 fully saturated rings. The number of rotatable bonds is 2. The Morgan fingerprint density at radius 3 is 2.67 bits per heavy atom. The van der Waals surface area contributed by atoms with Crippen LogP contribution in [0.5, 0.6) is 0 Å². The maximum atomic E-state index is 11.6. The Morgan fingerprint density at radius 1 is 1.12 bits per heavy atom. The van der Waals surface area contributed by atoms with Crippen molar-refractivity contribution >= 4 is 34.3 Å². The highest BCUT2D eigenvalue weighted by Crippen LogP contribution is 2.25. The van der Waals surface area contributed by atoms with Crippen molar-refractivity contribution < 1.29 is 0 Å². The number of nitrogens with zero attached hydrogens (tertiary/aromatic N) is 7. The van der Waals surface area contributed by atoms with Crippen LogP contribution in [0.3, 0.4) is 0 Å². The maximum Gasteiger partial charge on any atom is 0.285 e. The zero-order valence-electron chi connectivity index (χ0n) is 13.0. The minimum Gasteiger partial charge on any atom is -0.365 e. The van der Waals surface area contributed by atoms with Gasteiger partial charge in [0.2, 0.25) is 0 Å². The van der Waals surface area contributed by atoms with Gasteiger partial charge in [-0.3, -0.25) is 4.79 Å². The van der Waals surface area contributed by atoms with E-state index >= 15 is 0 Å². The second-order valence-corrected chi connectivity index (χ2v) is 5.98. The van der Waals surface area contributed by atoms with Crippen LogP contribution in [0.4, 0.5) is 11.5 Å². The minimum absolute atomic E-state index is 0.174. The molecule has 24 heavy (non-hydrogen) atoms. The number of hydrogen-bond donors (Lipinski definition) is 1. The maximum absolute atomic E-state index is 11.6. The van der Waals surface area contributed by atoms with E-state index < -0.39 is 0 Å². The van der Waals surface area contributed by atoms with Crippen LogP contribution in [0.1, 0.15) is 0 Å². The fourth-order valence-corrected chi connectivity index (χ4v) is 3.13. The third kappa shape index (κ3) is 2.37. The molecule has 124 valence electrons. The van der Waals surface area contributed by atoms with Crippen LogP contribution in [-0.4, -0.2) is 55.9 Å². The van der Waals surface area contributed by atoms with Crippen molar-refractivity contribution in [3.63, 3.8) is 0 Å². The van der Waals surface area contributed by atoms with Crippen molar-refractivity contribution in [2.24, 2.45) is 7.05 Å². The molecule has 1 saturated heterocycles. The van der Waals surface area contributed by atoms with Crippen LogP contribution >= 0.6 is 11.6 Å². The zero-order valence-corrected chi connectivity index (χ0v) is 13.7. The summed E-state index contributed by atoms with van der Waals surface area (Å²) in [5, 5.41) is 6.34. The van der Waals surface area contributed by atoms with E-state index in [1.165, 1.54) is 0 Å². The van der Waals surface area contributed by atoms with Gasteiger partial charge in [-0.05, 0) is 0 Å². The van der Waals surface area contributed by atoms with Crippen molar-refractivity contribution in [3.8, 4) is 0 Å². The van der Waals surface area contributed by atoms with Crippen LogP contribution in [0.15, 0.2) is 23.6 Å². The number of halogens is 1. The molecule has 0 atom stereocenters. The lowest BCUT2D eigenvalue weighted by atomic mass is 10.2. The monoisotopic (exact) mass is 346 g/mol. The van der Waals surface area contributed by atoms with Gasteiger partial charge in [-0.1, -0.05) is 11.6 Å². The Kier molecular flexibility index (Phi) is 3.57. The van der Waals surface area contributed by atoms with Gasteiger partial charge < -0.3 is 14.4 Å². The first kappa shape index (κ1) is 14.9. The van der Waals surface area contributed by atoms with E-state index in [0.29, 0.717) is 18.8 Å². The molecule has 0 aromatic carbocycles. The SMILES string of the molecule is Cn1cnc2c(N3CCN(c4cn[nH]c(=O)c4Cl)CC3)ncnc21. The summed E-state index contributed by atoms with van der Waals surface area (Å²) in [6, 6.07) is 0. The van der Waals surface area contributed by atoms with Gasteiger partial charge in [-0.2, -0.15) is 5.10 Å². The van der Waals surface area contributed by atoms with Gasteiger partial charge in [0.1, 0.15) is 11.3 Å². The summed E-state index contributed by atoms with van der Waals surface area (Å²) >= 11 is 6.09. The van der Waals surface area contributed by atoms with Crippen LogP contribution in [0, 0.1) is 0 Å². The van der Waals surface area contributed by atoms with E-state index in [-0.39, 0.29) is 10.6 Å². The summed E-state index contributed by atoms with van der Waals surface area (Å²) in [6.07, 6.45) is 4.88. The summed E-state index contributed by atoms with van der Waals surface area (Å²) in [7, 11) is 1.91. The van der Waals surface area contributed by atoms with Gasteiger partial charge in [0.25, 0.3) is 5.56 Å². The molecule has 4 heterocycles. The quantitative estimate of drug-likeness (QED) is 0.718. The molecule has 4 rings (SSSR count). The Hall–Kier alpha value is -2.68. The molecule has 0 bridgehead atoms. The molecular formula is C14H15ClN8O. The van der Waals surface area contributed by atoms with Crippen LogP contribution in [-0.2, 0) is 7.05 Å². The highest BCUT2D eigenvalue weighted by Gasteiger charge is 2.23. The molecule has 3 aromatic heterocycles. The van der Waals surface area contributed by atoms with Gasteiger partial charge in [0, 0.05) is 33.2 Å². The molecule has 0 saturated carbocycles. The van der Waals surface area contributed by atoms with Crippen molar-refractivity contribution in [2.45, 2.75) is 0 Å². The standard InChI is InChI=1S/C14H15ClN8O/c1-21-8-18-11-12(21)16-7-17-13(11)23-4-2-22(3-5-23)9-6-19-20-14(24)10(9)15/h6-8H,2-5H2,1H3,(H,20,24). The molecule has 0 spiro atoms. The molecule has 0 radical (unpaired) electrons. The lowest BCUT2D eigenvalue weighted by Gasteiger charge is -2.36. The lowest BCUT2D eigenvalue weighted by Crippen LogP contribution is -2.47. The molecule has 3 aromatic rings. The normalized spacial score (nSPS) is 15.2. The third-order valence-corrected chi connectivity index (χ3v) is 4.54. The summed E-state index contributed by atoms with van der Waals surface area (Å²) in [5.41, 5.74) is 1.89. The average molecular weight is 347 g/mol. The van der Waals surface area contributed by atoms with Crippen molar-refractivity contribution in [2.75, 3.05) is 36.0 Å². The number of nitrogens with one attached hydrogen (secondary N) is 1. The summed E-state index contributed by atoms with van der Waals surface area (Å²) in [4.78, 5) is 28.9. The van der Waals surface area contributed by atoms with E-state index in [0.717, 1.165) is 30.1 Å². The minimum atomic E-state index is -0.373. The summed E-state index contributed by atoms with van der Waals surface area (Å²) in [6.45, 7) is 2.91. The predicted octanol–water partition coefficient (Wildman–Crippen LogP) is 0.427. The number of aromatic amines is 1. The van der Waals surface area contributed by atoms with Crippen LogP contribution in [0.25, 0.3) is 11.2 Å². The highest BCUT2D eigenvalue weighted by molar-refractivity contribution is 6.33. The number of fused-ring (bicyclic) bond motifs is 1. The van der Waals surface area contributed by atoms with Crippen molar-refractivity contribution in [1.29, 1.82) is 0 Å². The molecule has 9 nitrogen and oxygen atoms in total. The number of anilines is 2. The van der Waals surface area contributed by atoms with E-state index in [1.807, 2.05) is 11.6 Å². The smallest absolute Gasteiger partial charge is 0.285 e. The second kappa shape index (κ2) is 5.75. The molecular weight excluding hydrogens is 332 g/mol. The van der Waals surface area contributed by atoms with Crippen molar-refractivity contribution in [3.05, 3.63) is 34.2 Å². The number of piperazine rings is 1. The van der Waals surface area contributed by atoms with Gasteiger partial charge in [0.15, 0.2) is 17.0 Å². The Bertz CT molecular complexity index is 943. The number of aryl methyl sites for hydroxylation is 1. The predicted molar refractivity (Wildman–Crippen MR) is 90.6 cm³/mol. The number of aromatic nitrogens is 6. The molecule has 10 heteroatoms. The Labute approximate surface area is 141 Å². The van der Waals surface area contributed by atoms with E-state index in [1.54, 1.807) is 18.9 Å². The topological polar surface area (TPSA) is 95.8 Å². The first-order chi connectivity index (χ1) is 11.6. The fraction of sp³-hybridized carbons (Fsp3) is 0.357. The molecule has 1 aliphatic heterocycles. The first-order valence-electron chi connectivity index (χ1n) is 7.50. The van der Waals surface area contributed by atoms with E-state index in [9.17, 15) is 4.79 Å². The first-order valence-corrected chi connectivity index (χ1v) is 7.88. The molecule has 0 unspecified atom stereocenters.